The molecule has 9 heteroatoms. The van der Waals surface area contributed by atoms with Crippen LogP contribution in [0.25, 0.3) is 11.3 Å². The van der Waals surface area contributed by atoms with Gasteiger partial charge in [0, 0.05) is 39.0 Å². The molecule has 0 spiro atoms. The molecule has 1 fully saturated rings. The molecular formula is C18H18F2N2O5. The first-order valence-corrected chi connectivity index (χ1v) is 8.34. The minimum atomic E-state index is -1.08. The summed E-state index contributed by atoms with van der Waals surface area (Å²) in [5, 5.41) is 9.26. The van der Waals surface area contributed by atoms with Gasteiger partial charge in [0.05, 0.1) is 17.9 Å². The fourth-order valence-corrected chi connectivity index (χ4v) is 3.08. The molecule has 0 radical (unpaired) electrons. The van der Waals surface area contributed by atoms with Crippen LogP contribution < -0.4 is 0 Å². The number of aromatic nitrogens is 1. The zero-order valence-electron chi connectivity index (χ0n) is 14.5. The maximum atomic E-state index is 13.8. The van der Waals surface area contributed by atoms with Crippen molar-refractivity contribution < 1.29 is 32.6 Å². The summed E-state index contributed by atoms with van der Waals surface area (Å²) in [5.74, 6) is -2.58. The third-order valence-electron chi connectivity index (χ3n) is 4.50. The number of aliphatic carboxylic acids is 1. The number of rotatable bonds is 6. The number of amides is 1. The topological polar surface area (TPSA) is 92.9 Å². The maximum Gasteiger partial charge on any atom is 0.326 e. The molecule has 1 aliphatic rings. The van der Waals surface area contributed by atoms with Crippen molar-refractivity contribution in [2.75, 3.05) is 13.7 Å². The van der Waals surface area contributed by atoms with Crippen LogP contribution in [0.3, 0.4) is 0 Å². The first kappa shape index (κ1) is 19.0. The van der Waals surface area contributed by atoms with Crippen LogP contribution in [0.1, 0.15) is 18.7 Å². The number of carboxylic acids is 1. The van der Waals surface area contributed by atoms with Crippen molar-refractivity contribution in [3.05, 3.63) is 41.9 Å². The molecule has 2 heterocycles. The van der Waals surface area contributed by atoms with Crippen LogP contribution in [0, 0.1) is 11.6 Å². The van der Waals surface area contributed by atoms with Crippen LogP contribution in [0.15, 0.2) is 28.8 Å². The molecule has 1 aromatic heterocycles. The first-order chi connectivity index (χ1) is 12.9. The highest BCUT2D eigenvalue weighted by Crippen LogP contribution is 2.25. The summed E-state index contributed by atoms with van der Waals surface area (Å²) in [7, 11) is 1.47. The van der Waals surface area contributed by atoms with Gasteiger partial charge in [-0.25, -0.2) is 18.6 Å². The van der Waals surface area contributed by atoms with Gasteiger partial charge in [0.1, 0.15) is 17.7 Å². The van der Waals surface area contributed by atoms with Gasteiger partial charge in [0.15, 0.2) is 11.7 Å². The van der Waals surface area contributed by atoms with Gasteiger partial charge < -0.3 is 19.2 Å². The van der Waals surface area contributed by atoms with Gasteiger partial charge in [0.25, 0.3) is 0 Å². The normalized spacial score (nSPS) is 19.4. The molecular weight excluding hydrogens is 362 g/mol. The van der Waals surface area contributed by atoms with Crippen molar-refractivity contribution in [3.8, 4) is 11.3 Å². The molecule has 27 heavy (non-hydrogen) atoms. The summed E-state index contributed by atoms with van der Waals surface area (Å²) >= 11 is 0. The number of hydrogen-bond acceptors (Lipinski definition) is 5. The second-order valence-electron chi connectivity index (χ2n) is 6.24. The van der Waals surface area contributed by atoms with Crippen LogP contribution >= 0.6 is 0 Å². The van der Waals surface area contributed by atoms with Crippen LogP contribution in [-0.2, 0) is 20.7 Å². The van der Waals surface area contributed by atoms with Gasteiger partial charge >= 0.3 is 5.97 Å². The highest BCUT2D eigenvalue weighted by Gasteiger charge is 2.39. The molecule has 0 saturated carbocycles. The number of ether oxygens (including phenoxy) is 1. The molecule has 1 amide bonds. The van der Waals surface area contributed by atoms with Gasteiger partial charge in [-0.3, -0.25) is 4.79 Å². The van der Waals surface area contributed by atoms with E-state index in [0.717, 1.165) is 12.1 Å². The fraction of sp³-hybridized carbons (Fsp3) is 0.389. The minimum Gasteiger partial charge on any atom is -0.480 e. The zero-order valence-corrected chi connectivity index (χ0v) is 14.5. The van der Waals surface area contributed by atoms with E-state index in [2.05, 4.69) is 4.98 Å². The number of nitrogens with zero attached hydrogens (tertiary/aromatic N) is 2. The molecule has 3 rings (SSSR count). The lowest BCUT2D eigenvalue weighted by atomic mass is 10.2. The number of methoxy groups -OCH3 is 1. The van der Waals surface area contributed by atoms with E-state index < -0.39 is 23.6 Å². The zero-order chi connectivity index (χ0) is 19.6. The Morgan fingerprint density at radius 1 is 1.41 bits per heavy atom. The molecule has 144 valence electrons. The Kier molecular flexibility index (Phi) is 5.50. The van der Waals surface area contributed by atoms with E-state index >= 15 is 0 Å². The molecule has 0 aliphatic carbocycles. The molecule has 1 N–H and O–H groups in total. The first-order valence-electron chi connectivity index (χ1n) is 8.34. The van der Waals surface area contributed by atoms with Gasteiger partial charge in [-0.1, -0.05) is 0 Å². The van der Waals surface area contributed by atoms with Crippen molar-refractivity contribution >= 4 is 11.9 Å². The number of aryl methyl sites for hydroxylation is 1. The lowest BCUT2D eigenvalue weighted by Gasteiger charge is -2.20. The highest BCUT2D eigenvalue weighted by atomic mass is 19.1. The molecule has 1 aliphatic heterocycles. The number of oxazole rings is 1. The van der Waals surface area contributed by atoms with E-state index in [9.17, 15) is 23.5 Å². The van der Waals surface area contributed by atoms with E-state index in [1.165, 1.54) is 24.3 Å². The van der Waals surface area contributed by atoms with Crippen molar-refractivity contribution in [1.29, 1.82) is 0 Å². The van der Waals surface area contributed by atoms with Gasteiger partial charge in [0.2, 0.25) is 5.91 Å². The Hall–Kier alpha value is -2.81. The quantitative estimate of drug-likeness (QED) is 0.826. The van der Waals surface area contributed by atoms with E-state index in [1.54, 1.807) is 0 Å². The molecule has 1 aromatic carbocycles. The molecule has 2 unspecified atom stereocenters. The number of carbonyl (C=O) groups is 2. The average Bonchev–Trinajstić information content (AvgIpc) is 3.26. The Morgan fingerprint density at radius 2 is 2.19 bits per heavy atom. The second-order valence-corrected chi connectivity index (χ2v) is 6.24. The third-order valence-corrected chi connectivity index (χ3v) is 4.50. The van der Waals surface area contributed by atoms with Gasteiger partial charge in [-0.15, -0.1) is 0 Å². The number of likely N-dealkylation sites (tertiary alicyclic amines) is 1. The Bertz CT molecular complexity index is 854. The number of benzene rings is 1. The minimum absolute atomic E-state index is 0.00787. The summed E-state index contributed by atoms with van der Waals surface area (Å²) in [6, 6.07) is 2.17. The fourth-order valence-electron chi connectivity index (χ4n) is 3.08. The summed E-state index contributed by atoms with van der Waals surface area (Å²) in [5.41, 5.74) is 0.0647. The largest absolute Gasteiger partial charge is 0.480 e. The number of halogens is 2. The predicted octanol–water partition coefficient (Wildman–Crippen LogP) is 2.25. The average molecular weight is 380 g/mol. The Labute approximate surface area is 153 Å². The second kappa shape index (κ2) is 7.83. The Morgan fingerprint density at radius 3 is 2.85 bits per heavy atom. The van der Waals surface area contributed by atoms with Crippen molar-refractivity contribution in [3.63, 3.8) is 0 Å². The van der Waals surface area contributed by atoms with Crippen molar-refractivity contribution in [1.82, 2.24) is 9.88 Å². The highest BCUT2D eigenvalue weighted by molar-refractivity contribution is 5.84. The summed E-state index contributed by atoms with van der Waals surface area (Å²) in [4.78, 5) is 29.0. The van der Waals surface area contributed by atoms with Gasteiger partial charge in [-0.2, -0.15) is 0 Å². The molecule has 1 saturated heterocycles. The molecule has 7 nitrogen and oxygen atoms in total. The monoisotopic (exact) mass is 380 g/mol. The molecule has 0 bridgehead atoms. The smallest absolute Gasteiger partial charge is 0.326 e. The van der Waals surface area contributed by atoms with E-state index in [4.69, 9.17) is 9.15 Å². The van der Waals surface area contributed by atoms with Crippen LogP contribution in [0.5, 0.6) is 0 Å². The summed E-state index contributed by atoms with van der Waals surface area (Å²) in [6.07, 6.45) is 1.34. The van der Waals surface area contributed by atoms with Crippen LogP contribution in [0.4, 0.5) is 8.78 Å². The van der Waals surface area contributed by atoms with E-state index in [-0.39, 0.29) is 55.0 Å². The molecule has 2 aromatic rings. The number of carbonyl (C=O) groups excluding carboxylic acids is 1. The number of hydrogen-bond donors (Lipinski definition) is 1. The van der Waals surface area contributed by atoms with E-state index in [0.29, 0.717) is 0 Å². The van der Waals surface area contributed by atoms with E-state index in [1.807, 2.05) is 0 Å². The van der Waals surface area contributed by atoms with Crippen LogP contribution in [0.2, 0.25) is 0 Å². The van der Waals surface area contributed by atoms with Crippen LogP contribution in [-0.4, -0.2) is 52.7 Å². The SMILES string of the molecule is COC1CC(C(=O)O)N(C(=O)CCc2ncc(-c3ccc(F)cc3F)o2)C1. The summed E-state index contributed by atoms with van der Waals surface area (Å²) in [6.45, 7) is 0.212. The predicted molar refractivity (Wildman–Crippen MR) is 88.7 cm³/mol. The maximum absolute atomic E-state index is 13.8. The standard InChI is InChI=1S/C18H18F2N2O5/c1-26-11-7-14(18(24)25)22(9-11)17(23)5-4-16-21-8-15(27-16)12-3-2-10(19)6-13(12)20/h2-3,6,8,11,14H,4-5,7,9H2,1H3,(H,24,25). The Balaban J connectivity index is 1.64. The van der Waals surface area contributed by atoms with Crippen molar-refractivity contribution in [2.24, 2.45) is 0 Å². The van der Waals surface area contributed by atoms with Gasteiger partial charge in [-0.05, 0) is 12.1 Å². The molecule has 2 atom stereocenters. The third kappa shape index (κ3) is 4.13. The lowest BCUT2D eigenvalue weighted by Crippen LogP contribution is -2.40. The number of carboxylic acid groups (broad SMARTS) is 1. The van der Waals surface area contributed by atoms with Crippen molar-refractivity contribution in [2.45, 2.75) is 31.4 Å². The summed E-state index contributed by atoms with van der Waals surface area (Å²) < 4.78 is 37.4. The lowest BCUT2D eigenvalue weighted by molar-refractivity contribution is -0.148.